The zero-order valence-corrected chi connectivity index (χ0v) is 14.3. The Morgan fingerprint density at radius 1 is 1.33 bits per heavy atom. The molecule has 11 nitrogen and oxygen atoms in total. The van der Waals surface area contributed by atoms with Gasteiger partial charge in [0.25, 0.3) is 5.91 Å². The Kier molecular flexibility index (Phi) is 5.40. The lowest BCUT2D eigenvalue weighted by molar-refractivity contribution is -0.137. The number of carbonyl (C=O) groups is 2. The molecule has 0 aliphatic rings. The Balaban J connectivity index is 1.61. The largest absolute Gasteiger partial charge is 0.485 e. The molecule has 0 aliphatic heterocycles. The SMILES string of the molecule is Cc1nc(COc2ccccc2C(=O)NCc2cn(CC(=O)O)nn2)no1. The summed E-state index contributed by atoms with van der Waals surface area (Å²) in [6.07, 6.45) is 1.45. The van der Waals surface area contributed by atoms with Crippen molar-refractivity contribution >= 4 is 11.9 Å². The van der Waals surface area contributed by atoms with Crippen molar-refractivity contribution in [1.82, 2.24) is 30.5 Å². The van der Waals surface area contributed by atoms with Crippen LogP contribution in [0.3, 0.4) is 0 Å². The summed E-state index contributed by atoms with van der Waals surface area (Å²) in [6.45, 7) is 1.53. The van der Waals surface area contributed by atoms with Crippen LogP contribution in [0, 0.1) is 6.92 Å². The summed E-state index contributed by atoms with van der Waals surface area (Å²) in [7, 11) is 0. The van der Waals surface area contributed by atoms with Crippen LogP contribution in [0.4, 0.5) is 0 Å². The molecular weight excluding hydrogens is 356 g/mol. The van der Waals surface area contributed by atoms with E-state index < -0.39 is 5.97 Å². The van der Waals surface area contributed by atoms with E-state index in [0.717, 1.165) is 0 Å². The molecule has 0 spiro atoms. The van der Waals surface area contributed by atoms with Crippen LogP contribution in [0.25, 0.3) is 0 Å². The maximum absolute atomic E-state index is 12.4. The number of benzene rings is 1. The van der Waals surface area contributed by atoms with Gasteiger partial charge in [0.1, 0.15) is 18.0 Å². The van der Waals surface area contributed by atoms with Crippen molar-refractivity contribution in [3.05, 3.63) is 53.4 Å². The van der Waals surface area contributed by atoms with Gasteiger partial charge >= 0.3 is 5.97 Å². The summed E-state index contributed by atoms with van der Waals surface area (Å²) < 4.78 is 11.7. The number of nitrogens with one attached hydrogen (secondary N) is 1. The fraction of sp³-hybridized carbons (Fsp3) is 0.250. The minimum absolute atomic E-state index is 0.0607. The lowest BCUT2D eigenvalue weighted by atomic mass is 10.2. The van der Waals surface area contributed by atoms with Crippen molar-refractivity contribution < 1.29 is 24.0 Å². The average molecular weight is 372 g/mol. The van der Waals surface area contributed by atoms with Crippen LogP contribution in [-0.2, 0) is 24.5 Å². The summed E-state index contributed by atoms with van der Waals surface area (Å²) in [5, 5.41) is 22.6. The second-order valence-electron chi connectivity index (χ2n) is 5.50. The van der Waals surface area contributed by atoms with Crippen LogP contribution in [0.15, 0.2) is 35.0 Å². The zero-order chi connectivity index (χ0) is 19.2. The van der Waals surface area contributed by atoms with Gasteiger partial charge in [-0.15, -0.1) is 5.10 Å². The van der Waals surface area contributed by atoms with Crippen molar-refractivity contribution in [3.8, 4) is 5.75 Å². The molecule has 0 atom stereocenters. The molecule has 0 radical (unpaired) electrons. The monoisotopic (exact) mass is 372 g/mol. The molecule has 27 heavy (non-hydrogen) atoms. The number of para-hydroxylation sites is 1. The third-order valence-electron chi connectivity index (χ3n) is 3.37. The van der Waals surface area contributed by atoms with E-state index in [9.17, 15) is 9.59 Å². The number of carboxylic acids is 1. The second-order valence-corrected chi connectivity index (χ2v) is 5.50. The number of amides is 1. The van der Waals surface area contributed by atoms with E-state index in [1.165, 1.54) is 10.9 Å². The van der Waals surface area contributed by atoms with E-state index in [-0.39, 0.29) is 25.6 Å². The van der Waals surface area contributed by atoms with Crippen molar-refractivity contribution in [2.75, 3.05) is 0 Å². The predicted molar refractivity (Wildman–Crippen MR) is 88.6 cm³/mol. The summed E-state index contributed by atoms with van der Waals surface area (Å²) in [6, 6.07) is 6.73. The molecule has 1 amide bonds. The van der Waals surface area contributed by atoms with Crippen LogP contribution in [0.5, 0.6) is 5.75 Å². The van der Waals surface area contributed by atoms with Crippen LogP contribution in [0.1, 0.15) is 27.8 Å². The normalized spacial score (nSPS) is 10.6. The number of carbonyl (C=O) groups excluding carboxylic acids is 1. The van der Waals surface area contributed by atoms with Crippen molar-refractivity contribution in [2.24, 2.45) is 0 Å². The third kappa shape index (κ3) is 4.87. The number of aryl methyl sites for hydroxylation is 1. The minimum Gasteiger partial charge on any atom is -0.485 e. The van der Waals surface area contributed by atoms with Gasteiger partial charge in [-0.05, 0) is 12.1 Å². The molecule has 3 rings (SSSR count). The smallest absolute Gasteiger partial charge is 0.325 e. The Morgan fingerprint density at radius 2 is 2.15 bits per heavy atom. The van der Waals surface area contributed by atoms with Crippen molar-refractivity contribution in [3.63, 3.8) is 0 Å². The van der Waals surface area contributed by atoms with Crippen LogP contribution < -0.4 is 10.1 Å². The molecule has 1 aromatic carbocycles. The number of rotatable bonds is 8. The van der Waals surface area contributed by atoms with Crippen LogP contribution in [-0.4, -0.2) is 42.1 Å². The maximum Gasteiger partial charge on any atom is 0.325 e. The van der Waals surface area contributed by atoms with Gasteiger partial charge in [0, 0.05) is 6.92 Å². The molecule has 2 aromatic heterocycles. The van der Waals surface area contributed by atoms with E-state index in [0.29, 0.717) is 28.7 Å². The van der Waals surface area contributed by atoms with Crippen molar-refractivity contribution in [1.29, 1.82) is 0 Å². The van der Waals surface area contributed by atoms with E-state index in [1.807, 2.05) is 0 Å². The summed E-state index contributed by atoms with van der Waals surface area (Å²) >= 11 is 0. The van der Waals surface area contributed by atoms with Gasteiger partial charge in [0.2, 0.25) is 11.7 Å². The highest BCUT2D eigenvalue weighted by Crippen LogP contribution is 2.19. The van der Waals surface area contributed by atoms with Gasteiger partial charge in [-0.2, -0.15) is 4.98 Å². The molecule has 0 bridgehead atoms. The fourth-order valence-electron chi connectivity index (χ4n) is 2.22. The predicted octanol–water partition coefficient (Wildman–Crippen LogP) is 0.563. The van der Waals surface area contributed by atoms with E-state index in [1.54, 1.807) is 31.2 Å². The molecule has 0 unspecified atom stereocenters. The number of aromatic nitrogens is 5. The van der Waals surface area contributed by atoms with E-state index in [4.69, 9.17) is 14.4 Å². The second kappa shape index (κ2) is 8.08. The van der Waals surface area contributed by atoms with E-state index in [2.05, 4.69) is 25.8 Å². The molecule has 2 heterocycles. The topological polar surface area (TPSA) is 145 Å². The Hall–Kier alpha value is -3.76. The van der Waals surface area contributed by atoms with Crippen LogP contribution in [0.2, 0.25) is 0 Å². The Labute approximate surface area is 152 Å². The first-order chi connectivity index (χ1) is 13.0. The fourth-order valence-corrected chi connectivity index (χ4v) is 2.22. The first-order valence-electron chi connectivity index (χ1n) is 7.91. The van der Waals surface area contributed by atoms with Crippen LogP contribution >= 0.6 is 0 Å². The number of ether oxygens (including phenoxy) is 1. The van der Waals surface area contributed by atoms with Gasteiger partial charge in [0.05, 0.1) is 18.3 Å². The zero-order valence-electron chi connectivity index (χ0n) is 14.3. The maximum atomic E-state index is 12.4. The quantitative estimate of drug-likeness (QED) is 0.579. The molecule has 2 N–H and O–H groups in total. The van der Waals surface area contributed by atoms with Gasteiger partial charge < -0.3 is 19.7 Å². The highest BCUT2D eigenvalue weighted by atomic mass is 16.5. The number of aliphatic carboxylic acids is 1. The molecular formula is C16H16N6O5. The summed E-state index contributed by atoms with van der Waals surface area (Å²) in [4.78, 5) is 27.1. The molecule has 0 saturated heterocycles. The molecule has 0 aliphatic carbocycles. The third-order valence-corrected chi connectivity index (χ3v) is 3.37. The Bertz CT molecular complexity index is 950. The highest BCUT2D eigenvalue weighted by molar-refractivity contribution is 5.96. The highest BCUT2D eigenvalue weighted by Gasteiger charge is 2.14. The van der Waals surface area contributed by atoms with Crippen molar-refractivity contribution in [2.45, 2.75) is 26.6 Å². The number of carboxylic acid groups (broad SMARTS) is 1. The molecule has 140 valence electrons. The average Bonchev–Trinajstić information content (AvgIpc) is 3.26. The number of hydrogen-bond acceptors (Lipinski definition) is 8. The van der Waals surface area contributed by atoms with Gasteiger partial charge in [-0.3, -0.25) is 9.59 Å². The number of nitrogens with zero attached hydrogens (tertiary/aromatic N) is 5. The number of hydrogen-bond donors (Lipinski definition) is 2. The first-order valence-corrected chi connectivity index (χ1v) is 7.91. The summed E-state index contributed by atoms with van der Waals surface area (Å²) in [5.41, 5.74) is 0.765. The van der Waals surface area contributed by atoms with Gasteiger partial charge in [0.15, 0.2) is 6.61 Å². The molecule has 0 saturated carbocycles. The first kappa shape index (κ1) is 18.0. The van der Waals surface area contributed by atoms with E-state index >= 15 is 0 Å². The lowest BCUT2D eigenvalue weighted by Crippen LogP contribution is -2.23. The minimum atomic E-state index is -1.03. The molecule has 3 aromatic rings. The lowest BCUT2D eigenvalue weighted by Gasteiger charge is -2.10. The van der Waals surface area contributed by atoms with Gasteiger partial charge in [-0.1, -0.05) is 22.5 Å². The molecule has 0 fully saturated rings. The standard InChI is InChI=1S/C16H16N6O5/c1-10-18-14(20-27-10)9-26-13-5-3-2-4-12(13)16(25)17-6-11-7-22(21-19-11)8-15(23)24/h2-5,7H,6,8-9H2,1H3,(H,17,25)(H,23,24). The van der Waals surface area contributed by atoms with Gasteiger partial charge in [-0.25, -0.2) is 4.68 Å². The Morgan fingerprint density at radius 3 is 2.89 bits per heavy atom. The summed E-state index contributed by atoms with van der Waals surface area (Å²) in [5.74, 6) is -0.235. The molecule has 11 heteroatoms.